The largest absolute Gasteiger partial charge is 0.377 e. The molecule has 0 aromatic rings. The van der Waals surface area contributed by atoms with Gasteiger partial charge >= 0.3 is 0 Å². The highest BCUT2D eigenvalue weighted by Crippen LogP contribution is 2.26. The van der Waals surface area contributed by atoms with Crippen molar-refractivity contribution in [2.75, 3.05) is 39.3 Å². The number of likely N-dealkylation sites (tertiary alicyclic amines) is 2. The summed E-state index contributed by atoms with van der Waals surface area (Å²) in [5.41, 5.74) is 0. The smallest absolute Gasteiger partial charge is 0.0601 e. The van der Waals surface area contributed by atoms with Crippen molar-refractivity contribution in [1.29, 1.82) is 0 Å². The molecule has 2 saturated heterocycles. The Balaban J connectivity index is 1.36. The van der Waals surface area contributed by atoms with Crippen molar-refractivity contribution < 1.29 is 4.74 Å². The van der Waals surface area contributed by atoms with Crippen LogP contribution < -0.4 is 0 Å². The van der Waals surface area contributed by atoms with Gasteiger partial charge in [0.1, 0.15) is 0 Å². The molecule has 0 N–H and O–H groups in total. The Hall–Kier alpha value is -0.120. The Labute approximate surface area is 131 Å². The van der Waals surface area contributed by atoms with Crippen molar-refractivity contribution in [3.63, 3.8) is 0 Å². The molecule has 1 saturated carbocycles. The molecular formula is C18H34N2O. The Bertz CT molecular complexity index is 304. The highest BCUT2D eigenvalue weighted by Gasteiger charge is 2.27. The molecule has 0 unspecified atom stereocenters. The quantitative estimate of drug-likeness (QED) is 0.775. The van der Waals surface area contributed by atoms with Crippen LogP contribution in [0, 0.1) is 5.92 Å². The van der Waals surface area contributed by atoms with Gasteiger partial charge in [-0.15, -0.1) is 0 Å². The lowest BCUT2D eigenvalue weighted by molar-refractivity contribution is -0.0188. The van der Waals surface area contributed by atoms with Crippen molar-refractivity contribution in [3.8, 4) is 0 Å². The second-order valence-corrected chi connectivity index (χ2v) is 7.51. The number of nitrogens with zero attached hydrogens (tertiary/aromatic N) is 2. The number of hydrogen-bond acceptors (Lipinski definition) is 3. The molecule has 21 heavy (non-hydrogen) atoms. The van der Waals surface area contributed by atoms with Crippen LogP contribution in [-0.2, 0) is 4.74 Å². The Morgan fingerprint density at radius 1 is 0.905 bits per heavy atom. The van der Waals surface area contributed by atoms with Gasteiger partial charge in [-0.25, -0.2) is 0 Å². The van der Waals surface area contributed by atoms with E-state index in [0.29, 0.717) is 6.10 Å². The van der Waals surface area contributed by atoms with E-state index >= 15 is 0 Å². The zero-order valence-electron chi connectivity index (χ0n) is 13.9. The van der Waals surface area contributed by atoms with Gasteiger partial charge < -0.3 is 4.74 Å². The number of piperidine rings is 1. The van der Waals surface area contributed by atoms with Gasteiger partial charge in [-0.3, -0.25) is 9.80 Å². The van der Waals surface area contributed by atoms with Crippen LogP contribution in [0.25, 0.3) is 0 Å². The average molecular weight is 294 g/mol. The molecule has 0 aromatic carbocycles. The molecule has 0 bridgehead atoms. The summed E-state index contributed by atoms with van der Waals surface area (Å²) < 4.78 is 6.20. The van der Waals surface area contributed by atoms with Crippen LogP contribution in [0.4, 0.5) is 0 Å². The van der Waals surface area contributed by atoms with E-state index < -0.39 is 0 Å². The van der Waals surface area contributed by atoms with Crippen LogP contribution in [-0.4, -0.2) is 61.3 Å². The van der Waals surface area contributed by atoms with Gasteiger partial charge in [0, 0.05) is 19.1 Å². The third-order valence-corrected chi connectivity index (χ3v) is 5.91. The monoisotopic (exact) mass is 294 g/mol. The SMILES string of the molecule is C[C@@H]1CCCC[C@H]1OCCN1CCC[C@H](N2CCCC2)C1. The summed E-state index contributed by atoms with van der Waals surface area (Å²) in [5, 5.41) is 0. The van der Waals surface area contributed by atoms with Crippen molar-refractivity contribution in [2.45, 2.75) is 70.4 Å². The summed E-state index contributed by atoms with van der Waals surface area (Å²) in [7, 11) is 0. The van der Waals surface area contributed by atoms with E-state index in [1.165, 1.54) is 77.5 Å². The van der Waals surface area contributed by atoms with E-state index in [0.717, 1.165) is 25.1 Å². The van der Waals surface area contributed by atoms with Crippen molar-refractivity contribution in [3.05, 3.63) is 0 Å². The zero-order chi connectivity index (χ0) is 14.5. The highest BCUT2D eigenvalue weighted by atomic mass is 16.5. The fourth-order valence-corrected chi connectivity index (χ4v) is 4.50. The van der Waals surface area contributed by atoms with Gasteiger partial charge in [-0.2, -0.15) is 0 Å². The molecule has 0 amide bonds. The van der Waals surface area contributed by atoms with Gasteiger partial charge in [0.2, 0.25) is 0 Å². The minimum atomic E-state index is 0.540. The maximum Gasteiger partial charge on any atom is 0.0601 e. The minimum absolute atomic E-state index is 0.540. The average Bonchev–Trinajstić information content (AvgIpc) is 3.04. The molecule has 122 valence electrons. The normalized spacial score (nSPS) is 36.1. The van der Waals surface area contributed by atoms with Crippen molar-refractivity contribution in [1.82, 2.24) is 9.80 Å². The molecule has 3 nitrogen and oxygen atoms in total. The summed E-state index contributed by atoms with van der Waals surface area (Å²) in [4.78, 5) is 5.39. The number of rotatable bonds is 5. The predicted molar refractivity (Wildman–Crippen MR) is 87.6 cm³/mol. The summed E-state index contributed by atoms with van der Waals surface area (Å²) in [6.07, 6.45) is 11.6. The zero-order valence-corrected chi connectivity index (χ0v) is 13.9. The van der Waals surface area contributed by atoms with Gasteiger partial charge in [0.05, 0.1) is 12.7 Å². The molecule has 0 radical (unpaired) electrons. The Morgan fingerprint density at radius 3 is 2.52 bits per heavy atom. The summed E-state index contributed by atoms with van der Waals surface area (Å²) in [5.74, 6) is 0.775. The molecule has 3 heteroatoms. The highest BCUT2D eigenvalue weighted by molar-refractivity contribution is 4.83. The van der Waals surface area contributed by atoms with Gasteiger partial charge in [0.15, 0.2) is 0 Å². The standard InChI is InChI=1S/C18H34N2O/c1-16-7-2-3-9-18(16)21-14-13-19-10-6-8-17(15-19)20-11-4-5-12-20/h16-18H,2-15H2,1H3/t16-,17+,18-/m1/s1. The second kappa shape index (κ2) is 7.94. The molecule has 3 fully saturated rings. The van der Waals surface area contributed by atoms with Crippen LogP contribution in [0.2, 0.25) is 0 Å². The fraction of sp³-hybridized carbons (Fsp3) is 1.00. The summed E-state index contributed by atoms with van der Waals surface area (Å²) in [6, 6.07) is 0.829. The first-order chi connectivity index (χ1) is 10.3. The molecule has 2 heterocycles. The molecule has 0 spiro atoms. The summed E-state index contributed by atoms with van der Waals surface area (Å²) in [6.45, 7) is 9.71. The van der Waals surface area contributed by atoms with E-state index in [-0.39, 0.29) is 0 Å². The minimum Gasteiger partial charge on any atom is -0.377 e. The first-order valence-electron chi connectivity index (χ1n) is 9.41. The third kappa shape index (κ3) is 4.43. The van der Waals surface area contributed by atoms with Crippen LogP contribution in [0.15, 0.2) is 0 Å². The van der Waals surface area contributed by atoms with Crippen LogP contribution >= 0.6 is 0 Å². The molecule has 0 aromatic heterocycles. The third-order valence-electron chi connectivity index (χ3n) is 5.91. The van der Waals surface area contributed by atoms with Gasteiger partial charge in [-0.1, -0.05) is 19.8 Å². The lowest BCUT2D eigenvalue weighted by atomic mass is 9.88. The molecule has 3 aliphatic rings. The lowest BCUT2D eigenvalue weighted by Gasteiger charge is -2.38. The molecule has 2 aliphatic heterocycles. The molecular weight excluding hydrogens is 260 g/mol. The molecule has 1 aliphatic carbocycles. The van der Waals surface area contributed by atoms with Crippen LogP contribution in [0.3, 0.4) is 0 Å². The molecule has 3 rings (SSSR count). The van der Waals surface area contributed by atoms with Crippen LogP contribution in [0.1, 0.15) is 58.3 Å². The summed E-state index contributed by atoms with van der Waals surface area (Å²) >= 11 is 0. The lowest BCUT2D eigenvalue weighted by Crippen LogP contribution is -2.47. The Kier molecular flexibility index (Phi) is 5.96. The molecule has 3 atom stereocenters. The fourth-order valence-electron chi connectivity index (χ4n) is 4.50. The van der Waals surface area contributed by atoms with E-state index in [4.69, 9.17) is 4.74 Å². The predicted octanol–water partition coefficient (Wildman–Crippen LogP) is 3.14. The maximum atomic E-state index is 6.20. The van der Waals surface area contributed by atoms with Crippen molar-refractivity contribution in [2.24, 2.45) is 5.92 Å². The Morgan fingerprint density at radius 2 is 1.71 bits per heavy atom. The first-order valence-corrected chi connectivity index (χ1v) is 9.41. The first kappa shape index (κ1) is 15.8. The van der Waals surface area contributed by atoms with E-state index in [1.54, 1.807) is 0 Å². The number of ether oxygens (including phenoxy) is 1. The van der Waals surface area contributed by atoms with Crippen LogP contribution in [0.5, 0.6) is 0 Å². The van der Waals surface area contributed by atoms with E-state index in [1.807, 2.05) is 0 Å². The van der Waals surface area contributed by atoms with E-state index in [2.05, 4.69) is 16.7 Å². The van der Waals surface area contributed by atoms with Crippen molar-refractivity contribution >= 4 is 0 Å². The van der Waals surface area contributed by atoms with Gasteiger partial charge in [0.25, 0.3) is 0 Å². The maximum absolute atomic E-state index is 6.20. The van der Waals surface area contributed by atoms with E-state index in [9.17, 15) is 0 Å². The van der Waals surface area contributed by atoms with Gasteiger partial charge in [-0.05, 0) is 64.1 Å². The second-order valence-electron chi connectivity index (χ2n) is 7.51. The topological polar surface area (TPSA) is 15.7 Å². The number of hydrogen-bond donors (Lipinski definition) is 0.